The Morgan fingerprint density at radius 3 is 2.70 bits per heavy atom. The highest BCUT2D eigenvalue weighted by Crippen LogP contribution is 2.33. The molecule has 0 spiro atoms. The number of unbranched alkanes of at least 4 members (excludes halogenated alkanes) is 1. The largest absolute Gasteiger partial charge is 0.354 e. The fourth-order valence-electron chi connectivity index (χ4n) is 3.19. The van der Waals surface area contributed by atoms with Gasteiger partial charge < -0.3 is 10.2 Å². The number of halogens is 2. The third-order valence-corrected chi connectivity index (χ3v) is 6.61. The maximum atomic E-state index is 12.7. The smallest absolute Gasteiger partial charge is 0.243 e. The van der Waals surface area contributed by atoms with E-state index in [4.69, 9.17) is 23.2 Å². The zero-order valence-corrected chi connectivity index (χ0v) is 18.3. The van der Waals surface area contributed by atoms with Gasteiger partial charge in [-0.15, -0.1) is 11.8 Å². The Morgan fingerprint density at radius 2 is 2.04 bits per heavy atom. The van der Waals surface area contributed by atoms with Gasteiger partial charge in [-0.1, -0.05) is 56.0 Å². The van der Waals surface area contributed by atoms with Crippen molar-refractivity contribution >= 4 is 46.8 Å². The first kappa shape index (κ1) is 22.4. The molecule has 2 unspecified atom stereocenters. The van der Waals surface area contributed by atoms with Gasteiger partial charge in [-0.25, -0.2) is 0 Å². The molecular weight excluding hydrogens is 403 g/mol. The van der Waals surface area contributed by atoms with E-state index in [0.29, 0.717) is 35.2 Å². The van der Waals surface area contributed by atoms with Crippen molar-refractivity contribution in [2.75, 3.05) is 12.3 Å². The van der Waals surface area contributed by atoms with Gasteiger partial charge in [-0.2, -0.15) is 0 Å². The van der Waals surface area contributed by atoms with Crippen LogP contribution in [0.3, 0.4) is 0 Å². The second-order valence-corrected chi connectivity index (χ2v) is 8.83. The maximum absolute atomic E-state index is 12.7. The molecule has 0 aliphatic carbocycles. The Kier molecular flexibility index (Phi) is 9.27. The molecule has 0 radical (unpaired) electrons. The van der Waals surface area contributed by atoms with Crippen LogP contribution in [0.25, 0.3) is 0 Å². The van der Waals surface area contributed by atoms with E-state index < -0.39 is 0 Å². The second kappa shape index (κ2) is 11.2. The molecule has 1 aromatic carbocycles. The topological polar surface area (TPSA) is 49.4 Å². The maximum Gasteiger partial charge on any atom is 0.243 e. The predicted octanol–water partition coefficient (Wildman–Crippen LogP) is 4.91. The summed E-state index contributed by atoms with van der Waals surface area (Å²) in [6.45, 7) is 4.66. The minimum atomic E-state index is -0.378. The van der Waals surface area contributed by atoms with Gasteiger partial charge in [0.15, 0.2) is 0 Å². The van der Waals surface area contributed by atoms with E-state index in [1.807, 2.05) is 11.0 Å². The normalized spacial score (nSPS) is 19.3. The zero-order chi connectivity index (χ0) is 19.8. The van der Waals surface area contributed by atoms with Crippen molar-refractivity contribution in [3.05, 3.63) is 33.8 Å². The third-order valence-electron chi connectivity index (χ3n) is 4.67. The number of benzene rings is 1. The molecule has 1 N–H and O–H groups in total. The first-order valence-corrected chi connectivity index (χ1v) is 11.4. The lowest BCUT2D eigenvalue weighted by Crippen LogP contribution is -2.50. The Labute approximate surface area is 176 Å². The highest BCUT2D eigenvalue weighted by Gasteiger charge is 2.40. The number of hydrogen-bond donors (Lipinski definition) is 1. The summed E-state index contributed by atoms with van der Waals surface area (Å²) in [6.07, 6.45) is 4.91. The lowest BCUT2D eigenvalue weighted by Gasteiger charge is -2.29. The fourth-order valence-corrected chi connectivity index (χ4v) is 5.24. The number of nitrogens with zero attached hydrogens (tertiary/aromatic N) is 1. The molecule has 7 heteroatoms. The van der Waals surface area contributed by atoms with Crippen LogP contribution in [0.15, 0.2) is 18.2 Å². The van der Waals surface area contributed by atoms with Gasteiger partial charge in [-0.05, 0) is 37.0 Å². The number of hydrogen-bond acceptors (Lipinski definition) is 3. The van der Waals surface area contributed by atoms with Gasteiger partial charge >= 0.3 is 0 Å². The SMILES string of the molecule is CCCCC(=O)N1C(CCC)SCC1C(=O)NCCc1ccc(Cl)cc1Cl. The molecule has 0 aromatic heterocycles. The van der Waals surface area contributed by atoms with Gasteiger partial charge in [0.25, 0.3) is 0 Å². The Balaban J connectivity index is 1.94. The summed E-state index contributed by atoms with van der Waals surface area (Å²) >= 11 is 13.8. The number of amides is 2. The summed E-state index contributed by atoms with van der Waals surface area (Å²) in [5, 5.41) is 4.29. The molecule has 0 bridgehead atoms. The number of thioether (sulfide) groups is 1. The van der Waals surface area contributed by atoms with E-state index in [9.17, 15) is 9.59 Å². The van der Waals surface area contributed by atoms with Crippen LogP contribution in [0.4, 0.5) is 0 Å². The molecule has 1 aliphatic rings. The molecule has 1 saturated heterocycles. The van der Waals surface area contributed by atoms with Crippen molar-refractivity contribution in [1.29, 1.82) is 0 Å². The molecule has 1 aliphatic heterocycles. The summed E-state index contributed by atoms with van der Waals surface area (Å²) in [4.78, 5) is 27.2. The molecule has 4 nitrogen and oxygen atoms in total. The van der Waals surface area contributed by atoms with Crippen LogP contribution in [-0.2, 0) is 16.0 Å². The number of carbonyl (C=O) groups is 2. The highest BCUT2D eigenvalue weighted by atomic mass is 35.5. The molecule has 2 atom stereocenters. The summed E-state index contributed by atoms with van der Waals surface area (Å²) in [6, 6.07) is 5.00. The molecule has 1 aromatic rings. The standard InChI is InChI=1S/C20H28Cl2N2O2S/c1-3-5-7-18(25)24-17(13-27-19(24)6-4-2)20(26)23-11-10-14-8-9-15(21)12-16(14)22/h8-9,12,17,19H,3-7,10-11,13H2,1-2H3,(H,23,26). The Bertz CT molecular complexity index is 657. The van der Waals surface area contributed by atoms with Crippen molar-refractivity contribution in [3.8, 4) is 0 Å². The van der Waals surface area contributed by atoms with Gasteiger partial charge in [0.1, 0.15) is 6.04 Å². The van der Waals surface area contributed by atoms with Crippen molar-refractivity contribution in [1.82, 2.24) is 10.2 Å². The molecule has 0 saturated carbocycles. The van der Waals surface area contributed by atoms with Crippen molar-refractivity contribution in [3.63, 3.8) is 0 Å². The van der Waals surface area contributed by atoms with Crippen LogP contribution in [0.5, 0.6) is 0 Å². The summed E-state index contributed by atoms with van der Waals surface area (Å²) in [5.41, 5.74) is 0.946. The van der Waals surface area contributed by atoms with E-state index in [-0.39, 0.29) is 23.2 Å². The van der Waals surface area contributed by atoms with Gasteiger partial charge in [0, 0.05) is 28.8 Å². The summed E-state index contributed by atoms with van der Waals surface area (Å²) < 4.78 is 0. The van der Waals surface area contributed by atoms with Crippen LogP contribution < -0.4 is 5.32 Å². The van der Waals surface area contributed by atoms with E-state index in [1.54, 1.807) is 23.9 Å². The van der Waals surface area contributed by atoms with Crippen molar-refractivity contribution in [2.45, 2.75) is 63.8 Å². The molecule has 1 heterocycles. The number of rotatable bonds is 9. The average molecular weight is 431 g/mol. The average Bonchev–Trinajstić information content (AvgIpc) is 3.05. The predicted molar refractivity (Wildman–Crippen MR) is 114 cm³/mol. The minimum absolute atomic E-state index is 0.0731. The van der Waals surface area contributed by atoms with E-state index in [1.165, 1.54) is 0 Å². The van der Waals surface area contributed by atoms with Crippen LogP contribution >= 0.6 is 35.0 Å². The van der Waals surface area contributed by atoms with E-state index in [2.05, 4.69) is 19.2 Å². The summed E-state index contributed by atoms with van der Waals surface area (Å²) in [5.74, 6) is 0.688. The first-order valence-electron chi connectivity index (χ1n) is 9.62. The summed E-state index contributed by atoms with van der Waals surface area (Å²) in [7, 11) is 0. The molecule has 1 fully saturated rings. The molecular formula is C20H28Cl2N2O2S. The lowest BCUT2D eigenvalue weighted by atomic mass is 10.1. The molecule has 2 amide bonds. The minimum Gasteiger partial charge on any atom is -0.354 e. The molecule has 27 heavy (non-hydrogen) atoms. The Morgan fingerprint density at radius 1 is 1.26 bits per heavy atom. The lowest BCUT2D eigenvalue weighted by molar-refractivity contribution is -0.139. The number of carbonyl (C=O) groups excluding carboxylic acids is 2. The molecule has 150 valence electrons. The Hall–Kier alpha value is -0.910. The molecule has 2 rings (SSSR count). The fraction of sp³-hybridized carbons (Fsp3) is 0.600. The van der Waals surface area contributed by atoms with E-state index >= 15 is 0 Å². The van der Waals surface area contributed by atoms with Crippen molar-refractivity contribution < 1.29 is 9.59 Å². The van der Waals surface area contributed by atoms with Crippen LogP contribution in [0.1, 0.15) is 51.5 Å². The van der Waals surface area contributed by atoms with Crippen LogP contribution in [0, 0.1) is 0 Å². The van der Waals surface area contributed by atoms with Gasteiger partial charge in [-0.3, -0.25) is 9.59 Å². The van der Waals surface area contributed by atoms with E-state index in [0.717, 1.165) is 31.2 Å². The van der Waals surface area contributed by atoms with Crippen LogP contribution in [-0.4, -0.2) is 40.4 Å². The number of nitrogens with one attached hydrogen (secondary N) is 1. The third kappa shape index (κ3) is 6.30. The monoisotopic (exact) mass is 430 g/mol. The second-order valence-electron chi connectivity index (χ2n) is 6.77. The first-order chi connectivity index (χ1) is 13.0. The zero-order valence-electron chi connectivity index (χ0n) is 16.0. The van der Waals surface area contributed by atoms with Gasteiger partial charge in [0.2, 0.25) is 11.8 Å². The quantitative estimate of drug-likeness (QED) is 0.604. The highest BCUT2D eigenvalue weighted by molar-refractivity contribution is 8.00. The van der Waals surface area contributed by atoms with Crippen molar-refractivity contribution in [2.24, 2.45) is 0 Å². The van der Waals surface area contributed by atoms with Gasteiger partial charge in [0.05, 0.1) is 5.37 Å². The van der Waals surface area contributed by atoms with Crippen LogP contribution in [0.2, 0.25) is 10.0 Å².